The summed E-state index contributed by atoms with van der Waals surface area (Å²) in [6.45, 7) is -0.227. The number of aromatic nitrogens is 1. The fourth-order valence-corrected chi connectivity index (χ4v) is 3.73. The van der Waals surface area contributed by atoms with Crippen LogP contribution in [-0.2, 0) is 16.6 Å². The van der Waals surface area contributed by atoms with Gasteiger partial charge in [-0.3, -0.25) is 4.98 Å². The molecule has 3 aromatic rings. The second-order valence-corrected chi connectivity index (χ2v) is 7.02. The van der Waals surface area contributed by atoms with Gasteiger partial charge in [0.1, 0.15) is 5.82 Å². The fraction of sp³-hybridized carbons (Fsp3) is 0.0625. The second-order valence-electron chi connectivity index (χ2n) is 4.88. The number of pyridine rings is 1. The molecule has 1 heterocycles. The van der Waals surface area contributed by atoms with Crippen LogP contribution in [0.3, 0.4) is 0 Å². The lowest BCUT2D eigenvalue weighted by atomic mass is 10.2. The van der Waals surface area contributed by atoms with Gasteiger partial charge in [-0.2, -0.15) is 0 Å². The van der Waals surface area contributed by atoms with Crippen molar-refractivity contribution < 1.29 is 12.8 Å². The van der Waals surface area contributed by atoms with Crippen LogP contribution >= 0.6 is 11.6 Å². The molecular weight excluding hydrogens is 339 g/mol. The van der Waals surface area contributed by atoms with Crippen molar-refractivity contribution >= 4 is 32.4 Å². The molecule has 0 fully saturated rings. The van der Waals surface area contributed by atoms with E-state index < -0.39 is 15.8 Å². The molecule has 118 valence electrons. The van der Waals surface area contributed by atoms with Crippen molar-refractivity contribution in [2.45, 2.75) is 11.4 Å². The summed E-state index contributed by atoms with van der Waals surface area (Å²) in [7, 11) is -3.82. The SMILES string of the molecule is O=S(=O)(NCc1c(F)cccc1Cl)c1cccc2cnccc12. The Morgan fingerprint density at radius 3 is 2.70 bits per heavy atom. The van der Waals surface area contributed by atoms with Gasteiger partial charge < -0.3 is 0 Å². The Bertz CT molecular complexity index is 951. The third kappa shape index (κ3) is 3.19. The molecule has 1 aromatic heterocycles. The summed E-state index contributed by atoms with van der Waals surface area (Å²) in [5.74, 6) is -0.553. The van der Waals surface area contributed by atoms with E-state index in [1.807, 2.05) is 0 Å². The summed E-state index contributed by atoms with van der Waals surface area (Å²) in [6, 6.07) is 10.7. The second kappa shape index (κ2) is 6.23. The molecule has 3 rings (SSSR count). The van der Waals surface area contributed by atoms with Gasteiger partial charge in [0.25, 0.3) is 0 Å². The molecule has 0 radical (unpaired) electrons. The number of hydrogen-bond acceptors (Lipinski definition) is 3. The van der Waals surface area contributed by atoms with Crippen LogP contribution in [0.2, 0.25) is 5.02 Å². The van der Waals surface area contributed by atoms with E-state index in [1.54, 1.807) is 24.4 Å². The van der Waals surface area contributed by atoms with Gasteiger partial charge in [-0.1, -0.05) is 29.8 Å². The predicted octanol–water partition coefficient (Wildman–Crippen LogP) is 3.51. The van der Waals surface area contributed by atoms with Gasteiger partial charge in [-0.25, -0.2) is 17.5 Å². The van der Waals surface area contributed by atoms with Crippen LogP contribution in [0.4, 0.5) is 4.39 Å². The number of halogens is 2. The van der Waals surface area contributed by atoms with Crippen LogP contribution < -0.4 is 4.72 Å². The number of sulfonamides is 1. The Balaban J connectivity index is 1.96. The molecule has 0 spiro atoms. The molecule has 0 atom stereocenters. The molecule has 0 aliphatic rings. The summed E-state index contributed by atoms with van der Waals surface area (Å²) in [6.07, 6.45) is 3.11. The summed E-state index contributed by atoms with van der Waals surface area (Å²) in [5.41, 5.74) is 0.111. The molecule has 1 N–H and O–H groups in total. The molecule has 2 aromatic carbocycles. The molecule has 7 heteroatoms. The van der Waals surface area contributed by atoms with Gasteiger partial charge in [-0.05, 0) is 24.3 Å². The maximum atomic E-state index is 13.8. The Morgan fingerprint density at radius 2 is 1.91 bits per heavy atom. The number of benzene rings is 2. The largest absolute Gasteiger partial charge is 0.264 e. The molecule has 0 aliphatic heterocycles. The highest BCUT2D eigenvalue weighted by Crippen LogP contribution is 2.23. The van der Waals surface area contributed by atoms with Crippen LogP contribution in [0.5, 0.6) is 0 Å². The lowest BCUT2D eigenvalue weighted by molar-refractivity contribution is 0.575. The van der Waals surface area contributed by atoms with E-state index in [2.05, 4.69) is 9.71 Å². The lowest BCUT2D eigenvalue weighted by Gasteiger charge is -2.11. The first-order valence-electron chi connectivity index (χ1n) is 6.74. The first-order chi connectivity index (χ1) is 11.0. The van der Waals surface area contributed by atoms with E-state index in [-0.39, 0.29) is 22.0 Å². The van der Waals surface area contributed by atoms with Crippen molar-refractivity contribution in [1.29, 1.82) is 0 Å². The Morgan fingerprint density at radius 1 is 1.13 bits per heavy atom. The minimum absolute atomic E-state index is 0.111. The summed E-state index contributed by atoms with van der Waals surface area (Å²) in [4.78, 5) is 4.09. The van der Waals surface area contributed by atoms with Crippen molar-refractivity contribution in [3.8, 4) is 0 Å². The van der Waals surface area contributed by atoms with Gasteiger partial charge in [0.05, 0.1) is 4.90 Å². The van der Waals surface area contributed by atoms with Crippen molar-refractivity contribution in [3.63, 3.8) is 0 Å². The van der Waals surface area contributed by atoms with Gasteiger partial charge in [0, 0.05) is 40.3 Å². The Labute approximate surface area is 138 Å². The number of hydrogen-bond donors (Lipinski definition) is 1. The van der Waals surface area contributed by atoms with Crippen LogP contribution in [0.1, 0.15) is 5.56 Å². The quantitative estimate of drug-likeness (QED) is 0.783. The first-order valence-corrected chi connectivity index (χ1v) is 8.60. The third-order valence-corrected chi connectivity index (χ3v) is 5.24. The summed E-state index contributed by atoms with van der Waals surface area (Å²) < 4.78 is 41.2. The maximum Gasteiger partial charge on any atom is 0.241 e. The van der Waals surface area contributed by atoms with Crippen molar-refractivity contribution in [2.24, 2.45) is 0 Å². The van der Waals surface area contributed by atoms with E-state index >= 15 is 0 Å². The minimum atomic E-state index is -3.82. The number of nitrogens with zero attached hydrogens (tertiary/aromatic N) is 1. The Kier molecular flexibility index (Phi) is 4.30. The predicted molar refractivity (Wildman–Crippen MR) is 87.2 cm³/mol. The number of fused-ring (bicyclic) bond motifs is 1. The molecule has 4 nitrogen and oxygen atoms in total. The smallest absolute Gasteiger partial charge is 0.241 e. The van der Waals surface area contributed by atoms with Gasteiger partial charge in [0.15, 0.2) is 0 Å². The molecular formula is C16H12ClFN2O2S. The number of nitrogens with one attached hydrogen (secondary N) is 1. The van der Waals surface area contributed by atoms with Crippen LogP contribution in [-0.4, -0.2) is 13.4 Å². The van der Waals surface area contributed by atoms with Crippen LogP contribution in [0, 0.1) is 5.82 Å². The monoisotopic (exact) mass is 350 g/mol. The summed E-state index contributed by atoms with van der Waals surface area (Å²) >= 11 is 5.92. The van der Waals surface area contributed by atoms with E-state index in [4.69, 9.17) is 11.6 Å². The maximum absolute atomic E-state index is 13.8. The zero-order chi connectivity index (χ0) is 16.4. The molecule has 0 aliphatic carbocycles. The molecule has 0 unspecified atom stereocenters. The van der Waals surface area contributed by atoms with Crippen molar-refractivity contribution in [1.82, 2.24) is 9.71 Å². The average Bonchev–Trinajstić information content (AvgIpc) is 2.54. The highest BCUT2D eigenvalue weighted by atomic mass is 35.5. The average molecular weight is 351 g/mol. The topological polar surface area (TPSA) is 59.1 Å². The van der Waals surface area contributed by atoms with Gasteiger partial charge in [0.2, 0.25) is 10.0 Å². The standard InChI is InChI=1S/C16H12ClFN2O2S/c17-14-4-2-5-15(18)13(14)10-20-23(21,22)16-6-1-3-11-9-19-8-7-12(11)16/h1-9,20H,10H2. The van der Waals surface area contributed by atoms with Gasteiger partial charge in [-0.15, -0.1) is 0 Å². The highest BCUT2D eigenvalue weighted by molar-refractivity contribution is 7.89. The highest BCUT2D eigenvalue weighted by Gasteiger charge is 2.18. The van der Waals surface area contributed by atoms with Crippen LogP contribution in [0.15, 0.2) is 59.8 Å². The van der Waals surface area contributed by atoms with E-state index in [0.717, 1.165) is 0 Å². The normalized spacial score (nSPS) is 11.7. The molecule has 0 saturated carbocycles. The van der Waals surface area contributed by atoms with Crippen molar-refractivity contribution in [2.75, 3.05) is 0 Å². The minimum Gasteiger partial charge on any atom is -0.264 e. The summed E-state index contributed by atoms with van der Waals surface area (Å²) in [5, 5.41) is 1.43. The zero-order valence-corrected chi connectivity index (χ0v) is 13.4. The molecule has 0 amide bonds. The number of rotatable bonds is 4. The zero-order valence-electron chi connectivity index (χ0n) is 11.8. The molecule has 0 bridgehead atoms. The van der Waals surface area contributed by atoms with E-state index in [0.29, 0.717) is 10.8 Å². The lowest BCUT2D eigenvalue weighted by Crippen LogP contribution is -2.24. The van der Waals surface area contributed by atoms with Gasteiger partial charge >= 0.3 is 0 Å². The van der Waals surface area contributed by atoms with E-state index in [9.17, 15) is 12.8 Å². The third-order valence-electron chi connectivity index (χ3n) is 3.43. The fourth-order valence-electron chi connectivity index (χ4n) is 2.27. The van der Waals surface area contributed by atoms with E-state index in [1.165, 1.54) is 30.5 Å². The Hall–Kier alpha value is -2.02. The molecule has 0 saturated heterocycles. The van der Waals surface area contributed by atoms with Crippen LogP contribution in [0.25, 0.3) is 10.8 Å². The van der Waals surface area contributed by atoms with Crippen molar-refractivity contribution in [3.05, 3.63) is 71.3 Å². The first kappa shape index (κ1) is 15.9. The molecule has 23 heavy (non-hydrogen) atoms.